The van der Waals surface area contributed by atoms with Gasteiger partial charge in [-0.2, -0.15) is 4.31 Å². The van der Waals surface area contributed by atoms with Crippen LogP contribution >= 0.6 is 0 Å². The molecule has 0 fully saturated rings. The summed E-state index contributed by atoms with van der Waals surface area (Å²) in [6, 6.07) is 11.9. The number of rotatable bonds is 9. The molecule has 2 rings (SSSR count). The van der Waals surface area contributed by atoms with Gasteiger partial charge in [0.2, 0.25) is 15.9 Å². The van der Waals surface area contributed by atoms with E-state index in [1.165, 1.54) is 43.5 Å². The van der Waals surface area contributed by atoms with Crippen LogP contribution in [0.5, 0.6) is 0 Å². The third-order valence-electron chi connectivity index (χ3n) is 3.88. The van der Waals surface area contributed by atoms with Crippen LogP contribution in [-0.4, -0.2) is 45.4 Å². The van der Waals surface area contributed by atoms with Crippen LogP contribution < -0.4 is 5.32 Å². The first-order chi connectivity index (χ1) is 12.8. The summed E-state index contributed by atoms with van der Waals surface area (Å²) in [6.07, 6.45) is 0. The Labute approximate surface area is 159 Å². The highest BCUT2D eigenvalue weighted by Gasteiger charge is 2.26. The molecule has 6 nitrogen and oxygen atoms in total. The van der Waals surface area contributed by atoms with Crippen molar-refractivity contribution in [2.75, 3.05) is 26.8 Å². The van der Waals surface area contributed by atoms with Gasteiger partial charge in [0.1, 0.15) is 5.82 Å². The molecule has 0 bridgehead atoms. The Morgan fingerprint density at radius 1 is 1.11 bits per heavy atom. The number of hydrogen-bond donors (Lipinski definition) is 1. The molecule has 0 heterocycles. The van der Waals surface area contributed by atoms with Crippen molar-refractivity contribution in [3.63, 3.8) is 0 Å². The molecule has 0 unspecified atom stereocenters. The van der Waals surface area contributed by atoms with E-state index in [2.05, 4.69) is 5.32 Å². The lowest BCUT2D eigenvalue weighted by molar-refractivity contribution is -0.121. The second-order valence-electron chi connectivity index (χ2n) is 6.06. The monoisotopic (exact) mass is 394 g/mol. The Bertz CT molecular complexity index is 852. The zero-order chi connectivity index (χ0) is 19.9. The summed E-state index contributed by atoms with van der Waals surface area (Å²) in [6.45, 7) is 2.07. The number of carbonyl (C=O) groups excluding carboxylic acids is 1. The Morgan fingerprint density at radius 2 is 1.74 bits per heavy atom. The van der Waals surface area contributed by atoms with Gasteiger partial charge in [0.05, 0.1) is 18.0 Å². The second kappa shape index (κ2) is 9.59. The highest BCUT2D eigenvalue weighted by Crippen LogP contribution is 2.19. The van der Waals surface area contributed by atoms with Gasteiger partial charge in [-0.15, -0.1) is 0 Å². The zero-order valence-electron chi connectivity index (χ0n) is 15.3. The van der Waals surface area contributed by atoms with Gasteiger partial charge < -0.3 is 10.1 Å². The fourth-order valence-electron chi connectivity index (χ4n) is 2.39. The van der Waals surface area contributed by atoms with Crippen molar-refractivity contribution in [1.82, 2.24) is 9.62 Å². The largest absolute Gasteiger partial charge is 0.383 e. The number of halogens is 1. The molecule has 0 aliphatic rings. The van der Waals surface area contributed by atoms with Crippen molar-refractivity contribution in [3.05, 3.63) is 65.5 Å². The van der Waals surface area contributed by atoms with Gasteiger partial charge in [-0.25, -0.2) is 12.8 Å². The maximum atomic E-state index is 13.1. The molecular weight excluding hydrogens is 371 g/mol. The molecule has 8 heteroatoms. The number of ether oxygens (including phenoxy) is 1. The predicted octanol–water partition coefficient (Wildman–Crippen LogP) is 2.09. The number of carbonyl (C=O) groups is 1. The molecule has 27 heavy (non-hydrogen) atoms. The van der Waals surface area contributed by atoms with Gasteiger partial charge >= 0.3 is 0 Å². The molecule has 2 aromatic rings. The van der Waals surface area contributed by atoms with E-state index in [1.807, 2.05) is 6.92 Å². The van der Waals surface area contributed by atoms with Crippen molar-refractivity contribution in [2.45, 2.75) is 18.4 Å². The summed E-state index contributed by atoms with van der Waals surface area (Å²) in [5.41, 5.74) is 1.51. The Kier molecular flexibility index (Phi) is 7.46. The summed E-state index contributed by atoms with van der Waals surface area (Å²) in [5.74, 6) is -0.853. The fraction of sp³-hybridized carbons (Fsp3) is 0.316. The molecule has 0 atom stereocenters. The Hall–Kier alpha value is -2.29. The average molecular weight is 394 g/mol. The minimum Gasteiger partial charge on any atom is -0.383 e. The maximum Gasteiger partial charge on any atom is 0.243 e. The van der Waals surface area contributed by atoms with E-state index in [-0.39, 0.29) is 24.5 Å². The molecule has 2 aromatic carbocycles. The first-order valence-electron chi connectivity index (χ1n) is 8.40. The van der Waals surface area contributed by atoms with Crippen molar-refractivity contribution in [3.8, 4) is 0 Å². The molecule has 0 aliphatic heterocycles. The highest BCUT2D eigenvalue weighted by molar-refractivity contribution is 7.89. The molecule has 146 valence electrons. The van der Waals surface area contributed by atoms with Crippen molar-refractivity contribution in [2.24, 2.45) is 0 Å². The molecule has 1 amide bonds. The zero-order valence-corrected chi connectivity index (χ0v) is 16.1. The van der Waals surface area contributed by atoms with Crippen molar-refractivity contribution < 1.29 is 22.3 Å². The lowest BCUT2D eigenvalue weighted by Gasteiger charge is -2.22. The number of nitrogens with zero attached hydrogens (tertiary/aromatic N) is 1. The maximum absolute atomic E-state index is 13.1. The van der Waals surface area contributed by atoms with E-state index in [0.717, 1.165) is 9.87 Å². The number of sulfonamides is 1. The van der Waals surface area contributed by atoms with Gasteiger partial charge in [0, 0.05) is 20.2 Å². The molecular formula is C19H23FN2O4S. The molecule has 0 saturated carbocycles. The quantitative estimate of drug-likeness (QED) is 0.661. The second-order valence-corrected chi connectivity index (χ2v) is 7.99. The Morgan fingerprint density at radius 3 is 2.33 bits per heavy atom. The van der Waals surface area contributed by atoms with Crippen molar-refractivity contribution >= 4 is 15.9 Å². The summed E-state index contributed by atoms with van der Waals surface area (Å²) in [4.78, 5) is 12.3. The predicted molar refractivity (Wildman–Crippen MR) is 100 cm³/mol. The third kappa shape index (κ3) is 6.13. The average Bonchev–Trinajstić information content (AvgIpc) is 2.63. The molecule has 0 aromatic heterocycles. The van der Waals surface area contributed by atoms with Gasteiger partial charge in [-0.1, -0.05) is 29.8 Å². The summed E-state index contributed by atoms with van der Waals surface area (Å²) < 4.78 is 45.1. The van der Waals surface area contributed by atoms with Crippen LogP contribution in [0.25, 0.3) is 0 Å². The smallest absolute Gasteiger partial charge is 0.243 e. The lowest BCUT2D eigenvalue weighted by atomic mass is 10.2. The SMILES string of the molecule is COCCNC(=O)CN(Cc1ccc(F)cc1)S(=O)(=O)c1ccc(C)cc1. The van der Waals surface area contributed by atoms with Crippen LogP contribution in [-0.2, 0) is 26.1 Å². The fourth-order valence-corrected chi connectivity index (χ4v) is 3.77. The number of benzene rings is 2. The van der Waals surface area contributed by atoms with E-state index >= 15 is 0 Å². The van der Waals surface area contributed by atoms with Crippen LogP contribution in [0.2, 0.25) is 0 Å². The molecule has 1 N–H and O–H groups in total. The van der Waals surface area contributed by atoms with Crippen LogP contribution in [0.1, 0.15) is 11.1 Å². The van der Waals surface area contributed by atoms with Gasteiger partial charge in [0.25, 0.3) is 0 Å². The highest BCUT2D eigenvalue weighted by atomic mass is 32.2. The van der Waals surface area contributed by atoms with Crippen LogP contribution in [0.15, 0.2) is 53.4 Å². The number of nitrogens with one attached hydrogen (secondary N) is 1. The summed E-state index contributed by atoms with van der Waals surface area (Å²) in [5, 5.41) is 2.61. The minimum absolute atomic E-state index is 0.0474. The first kappa shape index (κ1) is 21.0. The third-order valence-corrected chi connectivity index (χ3v) is 5.69. The van der Waals surface area contributed by atoms with Crippen LogP contribution in [0.4, 0.5) is 4.39 Å². The van der Waals surface area contributed by atoms with E-state index in [1.54, 1.807) is 12.1 Å². The van der Waals surface area contributed by atoms with Gasteiger partial charge in [-0.3, -0.25) is 4.79 Å². The van der Waals surface area contributed by atoms with Gasteiger partial charge in [0.15, 0.2) is 0 Å². The number of amides is 1. The summed E-state index contributed by atoms with van der Waals surface area (Å²) in [7, 11) is -2.40. The summed E-state index contributed by atoms with van der Waals surface area (Å²) >= 11 is 0. The molecule has 0 spiro atoms. The van der Waals surface area contributed by atoms with E-state index in [4.69, 9.17) is 4.74 Å². The molecule has 0 saturated heterocycles. The Balaban J connectivity index is 2.25. The number of hydrogen-bond acceptors (Lipinski definition) is 4. The van der Waals surface area contributed by atoms with E-state index in [0.29, 0.717) is 12.2 Å². The van der Waals surface area contributed by atoms with Crippen LogP contribution in [0.3, 0.4) is 0 Å². The standard InChI is InChI=1S/C19H23FN2O4S/c1-15-3-9-18(10-4-15)27(24,25)22(14-19(23)21-11-12-26-2)13-16-5-7-17(20)8-6-16/h3-10H,11-14H2,1-2H3,(H,21,23). The molecule has 0 radical (unpaired) electrons. The van der Waals surface area contributed by atoms with E-state index < -0.39 is 21.7 Å². The van der Waals surface area contributed by atoms with Crippen LogP contribution in [0, 0.1) is 12.7 Å². The number of aryl methyl sites for hydroxylation is 1. The van der Waals surface area contributed by atoms with Crippen molar-refractivity contribution in [1.29, 1.82) is 0 Å². The minimum atomic E-state index is -3.90. The molecule has 0 aliphatic carbocycles. The topological polar surface area (TPSA) is 75.7 Å². The van der Waals surface area contributed by atoms with E-state index in [9.17, 15) is 17.6 Å². The van der Waals surface area contributed by atoms with Gasteiger partial charge in [-0.05, 0) is 36.8 Å². The first-order valence-corrected chi connectivity index (χ1v) is 9.84. The lowest BCUT2D eigenvalue weighted by Crippen LogP contribution is -2.41. The number of methoxy groups -OCH3 is 1. The normalized spacial score (nSPS) is 11.6.